The molecule has 2 aromatic rings. The smallest absolute Gasteiger partial charge is 0.419 e. The molecule has 0 unspecified atom stereocenters. The van der Waals surface area contributed by atoms with Crippen molar-refractivity contribution in [3.8, 4) is 0 Å². The number of hydrogen-bond donors (Lipinski definition) is 0. The molecule has 0 spiro atoms. The van der Waals surface area contributed by atoms with Crippen LogP contribution in [0.25, 0.3) is 5.65 Å². The van der Waals surface area contributed by atoms with Crippen LogP contribution in [0.2, 0.25) is 0 Å². The summed E-state index contributed by atoms with van der Waals surface area (Å²) in [4.78, 5) is 15.3. The Morgan fingerprint density at radius 1 is 1.47 bits per heavy atom. The van der Waals surface area contributed by atoms with Gasteiger partial charge in [0, 0.05) is 6.20 Å². The summed E-state index contributed by atoms with van der Waals surface area (Å²) in [5.74, 6) is -0.742. The van der Waals surface area contributed by atoms with Crippen molar-refractivity contribution >= 4 is 11.6 Å². The van der Waals surface area contributed by atoms with Gasteiger partial charge in [-0.3, -0.25) is 0 Å². The summed E-state index contributed by atoms with van der Waals surface area (Å²) in [5.41, 5.74) is -0.846. The van der Waals surface area contributed by atoms with Crippen molar-refractivity contribution in [2.75, 3.05) is 7.11 Å². The van der Waals surface area contributed by atoms with Crippen LogP contribution in [-0.4, -0.2) is 22.5 Å². The van der Waals surface area contributed by atoms with Crippen molar-refractivity contribution in [1.82, 2.24) is 9.38 Å². The number of carbonyl (C=O) groups excluding carboxylic acids is 1. The third-order valence-corrected chi connectivity index (χ3v) is 2.77. The zero-order valence-corrected chi connectivity index (χ0v) is 10.3. The van der Waals surface area contributed by atoms with Crippen LogP contribution in [0.1, 0.15) is 28.7 Å². The lowest BCUT2D eigenvalue weighted by Gasteiger charge is -2.07. The number of ether oxygens (including phenoxy) is 1. The fourth-order valence-electron chi connectivity index (χ4n) is 1.94. The van der Waals surface area contributed by atoms with Gasteiger partial charge in [-0.15, -0.1) is 0 Å². The third kappa shape index (κ3) is 2.16. The van der Waals surface area contributed by atoms with Crippen molar-refractivity contribution in [1.29, 1.82) is 0 Å². The Labute approximate surface area is 106 Å². The summed E-state index contributed by atoms with van der Waals surface area (Å²) in [7, 11) is 1.16. The molecule has 2 heterocycles. The molecule has 0 atom stereocenters. The van der Waals surface area contributed by atoms with Crippen LogP contribution in [0.5, 0.6) is 0 Å². The quantitative estimate of drug-likeness (QED) is 0.789. The maximum absolute atomic E-state index is 12.9. The van der Waals surface area contributed by atoms with Gasteiger partial charge in [-0.2, -0.15) is 13.2 Å². The van der Waals surface area contributed by atoms with Crippen LogP contribution >= 0.6 is 0 Å². The number of nitrogens with zero attached hydrogens (tertiary/aromatic N) is 2. The number of esters is 1. The van der Waals surface area contributed by atoms with E-state index in [1.165, 1.54) is 16.7 Å². The van der Waals surface area contributed by atoms with Crippen LogP contribution in [0.3, 0.4) is 0 Å². The molecule has 0 saturated heterocycles. The second-order valence-electron chi connectivity index (χ2n) is 3.87. The zero-order valence-electron chi connectivity index (χ0n) is 10.3. The van der Waals surface area contributed by atoms with Gasteiger partial charge < -0.3 is 9.14 Å². The van der Waals surface area contributed by atoms with E-state index < -0.39 is 17.7 Å². The van der Waals surface area contributed by atoms with E-state index in [-0.39, 0.29) is 11.3 Å². The topological polar surface area (TPSA) is 43.6 Å². The molecule has 0 amide bonds. The first kappa shape index (κ1) is 13.4. The highest BCUT2D eigenvalue weighted by Gasteiger charge is 2.35. The van der Waals surface area contributed by atoms with E-state index in [1.54, 1.807) is 6.92 Å². The van der Waals surface area contributed by atoms with Gasteiger partial charge in [-0.25, -0.2) is 9.78 Å². The number of carbonyl (C=O) groups is 1. The molecule has 0 aliphatic heterocycles. The number of pyridine rings is 1. The van der Waals surface area contributed by atoms with Gasteiger partial charge in [-0.1, -0.05) is 6.92 Å². The molecular weight excluding hydrogens is 261 g/mol. The van der Waals surface area contributed by atoms with Gasteiger partial charge in [0.2, 0.25) is 0 Å². The Morgan fingerprint density at radius 3 is 2.68 bits per heavy atom. The summed E-state index contributed by atoms with van der Waals surface area (Å²) >= 11 is 0. The monoisotopic (exact) mass is 272 g/mol. The van der Waals surface area contributed by atoms with Gasteiger partial charge in [0.15, 0.2) is 5.69 Å². The van der Waals surface area contributed by atoms with Crippen LogP contribution in [0.4, 0.5) is 13.2 Å². The summed E-state index contributed by atoms with van der Waals surface area (Å²) in [6.45, 7) is 1.73. The standard InChI is InChI=1S/C12H11F3N2O2/c1-3-8-9(11(18)19-2)16-10-7(12(13,14)15)5-4-6-17(8)10/h4-6H,3H2,1-2H3. The molecule has 0 aliphatic carbocycles. The first-order valence-corrected chi connectivity index (χ1v) is 5.55. The van der Waals surface area contributed by atoms with Crippen molar-refractivity contribution in [2.24, 2.45) is 0 Å². The van der Waals surface area contributed by atoms with Crippen molar-refractivity contribution in [3.63, 3.8) is 0 Å². The number of fused-ring (bicyclic) bond motifs is 1. The summed E-state index contributed by atoms with van der Waals surface area (Å²) < 4.78 is 44.4. The van der Waals surface area contributed by atoms with Crippen molar-refractivity contribution in [2.45, 2.75) is 19.5 Å². The zero-order chi connectivity index (χ0) is 14.2. The number of alkyl halides is 3. The molecule has 7 heteroatoms. The van der Waals surface area contributed by atoms with Crippen LogP contribution in [-0.2, 0) is 17.3 Å². The Hall–Kier alpha value is -2.05. The van der Waals surface area contributed by atoms with E-state index in [9.17, 15) is 18.0 Å². The molecule has 102 valence electrons. The highest BCUT2D eigenvalue weighted by molar-refractivity contribution is 5.89. The SMILES string of the molecule is CCc1c(C(=O)OC)nc2c(C(F)(F)F)cccn12. The molecule has 0 radical (unpaired) electrons. The molecule has 19 heavy (non-hydrogen) atoms. The van der Waals surface area contributed by atoms with E-state index in [1.807, 2.05) is 0 Å². The molecule has 0 saturated carbocycles. The number of aromatic nitrogens is 2. The van der Waals surface area contributed by atoms with Crippen LogP contribution in [0.15, 0.2) is 18.3 Å². The molecule has 0 fully saturated rings. The molecule has 0 aliphatic rings. The van der Waals surface area contributed by atoms with E-state index in [0.717, 1.165) is 13.2 Å². The molecule has 0 aromatic carbocycles. The van der Waals surface area contributed by atoms with Crippen LogP contribution in [0, 0.1) is 0 Å². The minimum atomic E-state index is -4.52. The molecule has 2 rings (SSSR count). The van der Waals surface area contributed by atoms with Crippen LogP contribution < -0.4 is 0 Å². The van der Waals surface area contributed by atoms with Crippen molar-refractivity contribution in [3.05, 3.63) is 35.3 Å². The van der Waals surface area contributed by atoms with E-state index in [2.05, 4.69) is 9.72 Å². The Bertz CT molecular complexity index is 632. The minimum Gasteiger partial charge on any atom is -0.464 e. The number of methoxy groups -OCH3 is 1. The predicted octanol–water partition coefficient (Wildman–Crippen LogP) is 2.70. The van der Waals surface area contributed by atoms with Crippen molar-refractivity contribution < 1.29 is 22.7 Å². The Kier molecular flexibility index (Phi) is 3.21. The Balaban J connectivity index is 2.79. The van der Waals surface area contributed by atoms with Gasteiger partial charge in [0.1, 0.15) is 5.65 Å². The molecule has 4 nitrogen and oxygen atoms in total. The van der Waals surface area contributed by atoms with E-state index >= 15 is 0 Å². The third-order valence-electron chi connectivity index (χ3n) is 2.77. The lowest BCUT2D eigenvalue weighted by Crippen LogP contribution is -2.07. The normalized spacial score (nSPS) is 11.8. The molecular formula is C12H11F3N2O2. The lowest BCUT2D eigenvalue weighted by molar-refractivity contribution is -0.136. The first-order valence-electron chi connectivity index (χ1n) is 5.55. The summed E-state index contributed by atoms with van der Waals surface area (Å²) in [6.07, 6.45) is -2.71. The number of aryl methyl sites for hydroxylation is 1. The highest BCUT2D eigenvalue weighted by atomic mass is 19.4. The predicted molar refractivity (Wildman–Crippen MR) is 60.9 cm³/mol. The van der Waals surface area contributed by atoms with Gasteiger partial charge in [-0.05, 0) is 18.6 Å². The second-order valence-corrected chi connectivity index (χ2v) is 3.87. The fourth-order valence-corrected chi connectivity index (χ4v) is 1.94. The van der Waals surface area contributed by atoms with Gasteiger partial charge in [0.25, 0.3) is 0 Å². The van der Waals surface area contributed by atoms with Gasteiger partial charge >= 0.3 is 12.1 Å². The molecule has 0 bridgehead atoms. The number of hydrogen-bond acceptors (Lipinski definition) is 3. The largest absolute Gasteiger partial charge is 0.464 e. The maximum Gasteiger partial charge on any atom is 0.419 e. The highest BCUT2D eigenvalue weighted by Crippen LogP contribution is 2.32. The fraction of sp³-hybridized carbons (Fsp3) is 0.333. The van der Waals surface area contributed by atoms with Gasteiger partial charge in [0.05, 0.1) is 18.4 Å². The number of rotatable bonds is 2. The average molecular weight is 272 g/mol. The molecule has 2 aromatic heterocycles. The summed E-state index contributed by atoms with van der Waals surface area (Å²) in [6, 6.07) is 2.21. The van der Waals surface area contributed by atoms with E-state index in [0.29, 0.717) is 12.1 Å². The maximum atomic E-state index is 12.9. The van der Waals surface area contributed by atoms with E-state index in [4.69, 9.17) is 0 Å². The lowest BCUT2D eigenvalue weighted by atomic mass is 10.2. The second kappa shape index (κ2) is 4.56. The first-order chi connectivity index (χ1) is 8.90. The summed E-state index contributed by atoms with van der Waals surface area (Å²) in [5, 5.41) is 0. The Morgan fingerprint density at radius 2 is 2.16 bits per heavy atom. The number of imidazole rings is 1. The average Bonchev–Trinajstić information content (AvgIpc) is 2.74. The minimum absolute atomic E-state index is 0.0818. The number of halogens is 3. The molecule has 0 N–H and O–H groups in total.